The van der Waals surface area contributed by atoms with E-state index in [1.54, 1.807) is 0 Å². The van der Waals surface area contributed by atoms with E-state index in [4.69, 9.17) is 0 Å². The topological polar surface area (TPSA) is 62.6 Å². The minimum absolute atomic E-state index is 0.177. The summed E-state index contributed by atoms with van der Waals surface area (Å²) in [5.74, 6) is -1.10. The van der Waals surface area contributed by atoms with Crippen molar-refractivity contribution in [2.75, 3.05) is 19.6 Å². The van der Waals surface area contributed by atoms with Crippen LogP contribution in [0.4, 0.5) is 0 Å². The molecule has 1 aliphatic rings. The predicted molar refractivity (Wildman–Crippen MR) is 85.4 cm³/mol. The second-order valence-electron chi connectivity index (χ2n) is 5.92. The van der Waals surface area contributed by atoms with Crippen LogP contribution in [0.1, 0.15) is 38.3 Å². The largest absolute Gasteiger partial charge is 0.342 e. The average molecular weight is 304 g/mol. The van der Waals surface area contributed by atoms with Gasteiger partial charge in [0.25, 0.3) is 0 Å². The van der Waals surface area contributed by atoms with Crippen LogP contribution in [0.3, 0.4) is 0 Å². The third-order valence-electron chi connectivity index (χ3n) is 4.44. The fourth-order valence-electron chi connectivity index (χ4n) is 3.08. The Bertz CT molecular complexity index is 504. The van der Waals surface area contributed by atoms with Gasteiger partial charge in [0.1, 0.15) is 6.04 Å². The first-order valence-electron chi connectivity index (χ1n) is 8.10. The van der Waals surface area contributed by atoms with Crippen molar-refractivity contribution < 1.29 is 14.5 Å². The average Bonchev–Trinajstić information content (AvgIpc) is 3.00. The Morgan fingerprint density at radius 2 is 2.00 bits per heavy atom. The molecule has 0 aliphatic carbocycles. The summed E-state index contributed by atoms with van der Waals surface area (Å²) in [5.41, 5.74) is 0.987. The molecule has 2 amide bonds. The van der Waals surface area contributed by atoms with E-state index in [0.717, 1.165) is 25.1 Å². The molecule has 1 saturated heterocycles. The molecule has 1 heterocycles. The summed E-state index contributed by atoms with van der Waals surface area (Å²) in [6, 6.07) is 9.89. The molecule has 22 heavy (non-hydrogen) atoms. The summed E-state index contributed by atoms with van der Waals surface area (Å²) in [4.78, 5) is 25.4. The SMILES string of the molecule is CC[NH+]1CCC[C@@H]1CNC(=O)C(=O)N[C@@H](C)c1ccccc1. The van der Waals surface area contributed by atoms with Crippen LogP contribution in [0.25, 0.3) is 0 Å². The summed E-state index contributed by atoms with van der Waals surface area (Å²) >= 11 is 0. The lowest BCUT2D eigenvalue weighted by Crippen LogP contribution is -3.14. The number of nitrogens with one attached hydrogen (secondary N) is 3. The number of amides is 2. The van der Waals surface area contributed by atoms with Gasteiger partial charge in [-0.3, -0.25) is 9.59 Å². The summed E-state index contributed by atoms with van der Waals surface area (Å²) in [7, 11) is 0. The molecule has 1 unspecified atom stereocenters. The highest BCUT2D eigenvalue weighted by atomic mass is 16.2. The number of hydrogen-bond acceptors (Lipinski definition) is 2. The van der Waals surface area contributed by atoms with Gasteiger partial charge < -0.3 is 15.5 Å². The predicted octanol–water partition coefficient (Wildman–Crippen LogP) is 0.0472. The zero-order valence-electron chi connectivity index (χ0n) is 13.4. The zero-order chi connectivity index (χ0) is 15.9. The molecule has 0 saturated carbocycles. The summed E-state index contributed by atoms with van der Waals surface area (Å²) in [5, 5.41) is 5.51. The van der Waals surface area contributed by atoms with Crippen molar-refractivity contribution in [2.24, 2.45) is 0 Å². The molecule has 1 aromatic rings. The number of likely N-dealkylation sites (N-methyl/N-ethyl adjacent to an activating group) is 1. The summed E-state index contributed by atoms with van der Waals surface area (Å²) in [6.07, 6.45) is 2.31. The standard InChI is InChI=1S/C17H25N3O2/c1-3-20-11-7-10-15(20)12-18-16(21)17(22)19-13(2)14-8-5-4-6-9-14/h4-6,8-9,13,15H,3,7,10-12H2,1-2H3,(H,18,21)(H,19,22)/p+1/t13-,15+/m0/s1. The number of quaternary nitrogens is 1. The maximum absolute atomic E-state index is 12.0. The van der Waals surface area contributed by atoms with Gasteiger partial charge in [0, 0.05) is 12.8 Å². The van der Waals surface area contributed by atoms with Gasteiger partial charge in [-0.2, -0.15) is 0 Å². The van der Waals surface area contributed by atoms with Crippen LogP contribution in [0.2, 0.25) is 0 Å². The van der Waals surface area contributed by atoms with E-state index in [2.05, 4.69) is 17.6 Å². The quantitative estimate of drug-likeness (QED) is 0.673. The fourth-order valence-corrected chi connectivity index (χ4v) is 3.08. The van der Waals surface area contributed by atoms with Crippen molar-refractivity contribution in [3.63, 3.8) is 0 Å². The molecule has 0 aromatic heterocycles. The van der Waals surface area contributed by atoms with Crippen LogP contribution in [0, 0.1) is 0 Å². The molecule has 1 aliphatic heterocycles. The Hall–Kier alpha value is -1.88. The Labute approximate surface area is 132 Å². The van der Waals surface area contributed by atoms with Gasteiger partial charge in [-0.15, -0.1) is 0 Å². The maximum Gasteiger partial charge on any atom is 0.309 e. The van der Waals surface area contributed by atoms with Crippen molar-refractivity contribution in [2.45, 2.75) is 38.8 Å². The summed E-state index contributed by atoms with van der Waals surface area (Å²) in [6.45, 7) is 6.84. The molecule has 1 aromatic carbocycles. The molecular weight excluding hydrogens is 278 g/mol. The lowest BCUT2D eigenvalue weighted by molar-refractivity contribution is -0.909. The highest BCUT2D eigenvalue weighted by molar-refractivity contribution is 6.35. The normalized spacial score (nSPS) is 22.1. The van der Waals surface area contributed by atoms with Crippen molar-refractivity contribution in [1.82, 2.24) is 10.6 Å². The second-order valence-corrected chi connectivity index (χ2v) is 5.92. The number of rotatable bonds is 5. The molecule has 120 valence electrons. The number of likely N-dealkylation sites (tertiary alicyclic amines) is 1. The van der Waals surface area contributed by atoms with Crippen molar-refractivity contribution >= 4 is 11.8 Å². The zero-order valence-corrected chi connectivity index (χ0v) is 13.4. The number of carbonyl (C=O) groups excluding carboxylic acids is 2. The molecule has 3 atom stereocenters. The van der Waals surface area contributed by atoms with Crippen LogP contribution in [-0.2, 0) is 9.59 Å². The third kappa shape index (κ3) is 4.31. The van der Waals surface area contributed by atoms with Gasteiger partial charge in [-0.25, -0.2) is 0 Å². The van der Waals surface area contributed by atoms with Gasteiger partial charge in [0.05, 0.1) is 25.7 Å². The molecule has 5 nitrogen and oxygen atoms in total. The third-order valence-corrected chi connectivity index (χ3v) is 4.44. The minimum atomic E-state index is -0.563. The highest BCUT2D eigenvalue weighted by Gasteiger charge is 2.28. The monoisotopic (exact) mass is 304 g/mol. The number of carbonyl (C=O) groups is 2. The van der Waals surface area contributed by atoms with E-state index in [1.165, 1.54) is 11.3 Å². The Balaban J connectivity index is 1.78. The van der Waals surface area contributed by atoms with E-state index >= 15 is 0 Å². The van der Waals surface area contributed by atoms with Crippen molar-refractivity contribution in [3.8, 4) is 0 Å². The van der Waals surface area contributed by atoms with Crippen LogP contribution in [0.5, 0.6) is 0 Å². The molecular formula is C17H26N3O2+. The molecule has 5 heteroatoms. The van der Waals surface area contributed by atoms with E-state index in [-0.39, 0.29) is 6.04 Å². The van der Waals surface area contributed by atoms with E-state index < -0.39 is 11.8 Å². The minimum Gasteiger partial charge on any atom is -0.342 e. The van der Waals surface area contributed by atoms with Crippen LogP contribution < -0.4 is 15.5 Å². The van der Waals surface area contributed by atoms with Gasteiger partial charge in [0.2, 0.25) is 0 Å². The second kappa shape index (κ2) is 7.94. The Morgan fingerprint density at radius 3 is 2.68 bits per heavy atom. The van der Waals surface area contributed by atoms with Gasteiger partial charge >= 0.3 is 11.8 Å². The fraction of sp³-hybridized carbons (Fsp3) is 0.529. The Morgan fingerprint density at radius 1 is 1.27 bits per heavy atom. The summed E-state index contributed by atoms with van der Waals surface area (Å²) < 4.78 is 0. The van der Waals surface area contributed by atoms with Gasteiger partial charge in [0.15, 0.2) is 0 Å². The van der Waals surface area contributed by atoms with Crippen LogP contribution in [-0.4, -0.2) is 37.5 Å². The first-order valence-corrected chi connectivity index (χ1v) is 8.10. The molecule has 3 N–H and O–H groups in total. The molecule has 1 fully saturated rings. The molecule has 0 bridgehead atoms. The first kappa shape index (κ1) is 16.5. The maximum atomic E-state index is 12.0. The number of hydrogen-bond donors (Lipinski definition) is 3. The van der Waals surface area contributed by atoms with E-state index in [9.17, 15) is 9.59 Å². The van der Waals surface area contributed by atoms with Crippen molar-refractivity contribution in [1.29, 1.82) is 0 Å². The van der Waals surface area contributed by atoms with E-state index in [0.29, 0.717) is 12.6 Å². The lowest BCUT2D eigenvalue weighted by Gasteiger charge is -2.20. The molecule has 0 radical (unpaired) electrons. The van der Waals surface area contributed by atoms with Gasteiger partial charge in [-0.05, 0) is 19.4 Å². The Kier molecular flexibility index (Phi) is 5.95. The van der Waals surface area contributed by atoms with Crippen molar-refractivity contribution in [3.05, 3.63) is 35.9 Å². The molecule has 2 rings (SSSR count). The highest BCUT2D eigenvalue weighted by Crippen LogP contribution is 2.10. The molecule has 0 spiro atoms. The van der Waals surface area contributed by atoms with Crippen LogP contribution >= 0.6 is 0 Å². The van der Waals surface area contributed by atoms with Crippen LogP contribution in [0.15, 0.2) is 30.3 Å². The van der Waals surface area contributed by atoms with Gasteiger partial charge in [-0.1, -0.05) is 30.3 Å². The number of benzene rings is 1. The lowest BCUT2D eigenvalue weighted by atomic mass is 10.1. The smallest absolute Gasteiger partial charge is 0.309 e. The van der Waals surface area contributed by atoms with E-state index in [1.807, 2.05) is 37.3 Å². The first-order chi connectivity index (χ1) is 10.6.